The highest BCUT2D eigenvalue weighted by Gasteiger charge is 2.30. The topological polar surface area (TPSA) is 43.4 Å². The van der Waals surface area contributed by atoms with Crippen LogP contribution in [0.25, 0.3) is 6.08 Å². The van der Waals surface area contributed by atoms with E-state index in [1.54, 1.807) is 18.2 Å². The third kappa shape index (κ3) is 0.973. The van der Waals surface area contributed by atoms with E-state index >= 15 is 0 Å². The molecule has 3 nitrogen and oxygen atoms in total. The number of cyclic esters (lactones) is 2. The Morgan fingerprint density at radius 2 is 2.00 bits per heavy atom. The first kappa shape index (κ1) is 7.73. The van der Waals surface area contributed by atoms with Crippen LogP contribution in [0.3, 0.4) is 0 Å². The zero-order valence-corrected chi connectivity index (χ0v) is 6.74. The standard InChI is InChI=1S/C10H6O3/c1-2-6-4-3-5-7-8(6)10(12)13-9(7)11/h2-5H,1H2. The lowest BCUT2D eigenvalue weighted by atomic mass is 10.0. The molecule has 1 aliphatic heterocycles. The maximum absolute atomic E-state index is 11.2. The Bertz CT molecular complexity index is 418. The predicted octanol–water partition coefficient (Wildman–Crippen LogP) is 1.64. The molecule has 0 aromatic heterocycles. The van der Waals surface area contributed by atoms with Crippen molar-refractivity contribution >= 4 is 18.0 Å². The molecule has 64 valence electrons. The lowest BCUT2D eigenvalue weighted by Gasteiger charge is -1.96. The van der Waals surface area contributed by atoms with Gasteiger partial charge in [-0.1, -0.05) is 24.8 Å². The van der Waals surface area contributed by atoms with Crippen molar-refractivity contribution < 1.29 is 14.3 Å². The van der Waals surface area contributed by atoms with Crippen molar-refractivity contribution in [2.24, 2.45) is 0 Å². The summed E-state index contributed by atoms with van der Waals surface area (Å²) in [4.78, 5) is 22.2. The summed E-state index contributed by atoms with van der Waals surface area (Å²) >= 11 is 0. The summed E-state index contributed by atoms with van der Waals surface area (Å²) in [7, 11) is 0. The molecule has 3 heteroatoms. The number of hydrogen-bond acceptors (Lipinski definition) is 3. The van der Waals surface area contributed by atoms with Gasteiger partial charge in [-0.25, -0.2) is 9.59 Å². The summed E-state index contributed by atoms with van der Waals surface area (Å²) < 4.78 is 4.45. The molecule has 1 aromatic carbocycles. The van der Waals surface area contributed by atoms with E-state index in [9.17, 15) is 9.59 Å². The maximum atomic E-state index is 11.2. The average Bonchev–Trinajstić information content (AvgIpc) is 2.43. The molecule has 0 amide bonds. The normalized spacial score (nSPS) is 13.8. The van der Waals surface area contributed by atoms with Gasteiger partial charge in [-0.15, -0.1) is 0 Å². The molecule has 0 unspecified atom stereocenters. The number of esters is 2. The Morgan fingerprint density at radius 1 is 1.23 bits per heavy atom. The second kappa shape index (κ2) is 2.55. The van der Waals surface area contributed by atoms with Crippen LogP contribution in [0.2, 0.25) is 0 Å². The highest BCUT2D eigenvalue weighted by molar-refractivity contribution is 6.16. The van der Waals surface area contributed by atoms with Crippen molar-refractivity contribution in [3.63, 3.8) is 0 Å². The second-order valence-corrected chi connectivity index (χ2v) is 2.65. The van der Waals surface area contributed by atoms with E-state index in [0.717, 1.165) is 0 Å². The van der Waals surface area contributed by atoms with Gasteiger partial charge >= 0.3 is 11.9 Å². The van der Waals surface area contributed by atoms with Crippen molar-refractivity contribution in [2.75, 3.05) is 0 Å². The number of carbonyl (C=O) groups is 2. The van der Waals surface area contributed by atoms with Gasteiger partial charge in [0.1, 0.15) is 0 Å². The lowest BCUT2D eigenvalue weighted by molar-refractivity contribution is 0.0444. The summed E-state index contributed by atoms with van der Waals surface area (Å²) in [5, 5.41) is 0. The van der Waals surface area contributed by atoms with Crippen molar-refractivity contribution in [3.8, 4) is 0 Å². The fourth-order valence-electron chi connectivity index (χ4n) is 1.33. The summed E-state index contributed by atoms with van der Waals surface area (Å²) in [6, 6.07) is 4.97. The maximum Gasteiger partial charge on any atom is 0.347 e. The Morgan fingerprint density at radius 3 is 2.69 bits per heavy atom. The van der Waals surface area contributed by atoms with E-state index < -0.39 is 11.9 Å². The molecule has 0 bridgehead atoms. The van der Waals surface area contributed by atoms with Crippen LogP contribution >= 0.6 is 0 Å². The zero-order chi connectivity index (χ0) is 9.42. The molecule has 1 aliphatic rings. The number of ether oxygens (including phenoxy) is 1. The smallest absolute Gasteiger partial charge is 0.347 e. The molecule has 0 N–H and O–H groups in total. The van der Waals surface area contributed by atoms with E-state index in [0.29, 0.717) is 16.7 Å². The third-order valence-corrected chi connectivity index (χ3v) is 1.93. The van der Waals surface area contributed by atoms with E-state index in [1.807, 2.05) is 0 Å². The molecular weight excluding hydrogens is 168 g/mol. The van der Waals surface area contributed by atoms with Gasteiger partial charge in [0.15, 0.2) is 0 Å². The van der Waals surface area contributed by atoms with Crippen LogP contribution < -0.4 is 0 Å². The Labute approximate surface area is 74.6 Å². The average molecular weight is 174 g/mol. The van der Waals surface area contributed by atoms with Crippen LogP contribution in [-0.2, 0) is 4.74 Å². The monoisotopic (exact) mass is 174 g/mol. The molecule has 0 fully saturated rings. The number of hydrogen-bond donors (Lipinski definition) is 0. The van der Waals surface area contributed by atoms with Gasteiger partial charge in [0.25, 0.3) is 0 Å². The summed E-state index contributed by atoms with van der Waals surface area (Å²) in [5.74, 6) is -1.17. The van der Waals surface area contributed by atoms with Crippen LogP contribution in [-0.4, -0.2) is 11.9 Å². The largest absolute Gasteiger partial charge is 0.386 e. The second-order valence-electron chi connectivity index (χ2n) is 2.65. The first-order chi connectivity index (χ1) is 6.24. The SMILES string of the molecule is C=Cc1cccc2c1C(=O)OC2=O. The molecule has 0 saturated heterocycles. The number of rotatable bonds is 1. The predicted molar refractivity (Wildman–Crippen MR) is 46.3 cm³/mol. The highest BCUT2D eigenvalue weighted by Crippen LogP contribution is 2.23. The zero-order valence-electron chi connectivity index (χ0n) is 6.74. The van der Waals surface area contributed by atoms with E-state index in [-0.39, 0.29) is 0 Å². The number of fused-ring (bicyclic) bond motifs is 1. The van der Waals surface area contributed by atoms with Crippen molar-refractivity contribution in [2.45, 2.75) is 0 Å². The van der Waals surface area contributed by atoms with Crippen molar-refractivity contribution in [3.05, 3.63) is 41.5 Å². The molecule has 2 rings (SSSR count). The fourth-order valence-corrected chi connectivity index (χ4v) is 1.33. The van der Waals surface area contributed by atoms with Gasteiger partial charge in [-0.05, 0) is 11.6 Å². The van der Waals surface area contributed by atoms with Crippen LogP contribution in [0.4, 0.5) is 0 Å². The number of carbonyl (C=O) groups excluding carboxylic acids is 2. The molecule has 1 aromatic rings. The molecule has 0 saturated carbocycles. The number of benzene rings is 1. The van der Waals surface area contributed by atoms with Crippen molar-refractivity contribution in [1.29, 1.82) is 0 Å². The minimum atomic E-state index is -0.587. The van der Waals surface area contributed by atoms with E-state index in [1.165, 1.54) is 6.08 Å². The van der Waals surface area contributed by atoms with Crippen LogP contribution in [0.5, 0.6) is 0 Å². The van der Waals surface area contributed by atoms with Gasteiger partial charge in [-0.2, -0.15) is 0 Å². The molecule has 0 radical (unpaired) electrons. The molecule has 13 heavy (non-hydrogen) atoms. The fraction of sp³-hybridized carbons (Fsp3) is 0. The molecule has 0 spiro atoms. The first-order valence-electron chi connectivity index (χ1n) is 3.76. The van der Waals surface area contributed by atoms with Gasteiger partial charge in [0.05, 0.1) is 11.1 Å². The van der Waals surface area contributed by atoms with Gasteiger partial charge < -0.3 is 4.74 Å². The van der Waals surface area contributed by atoms with E-state index in [4.69, 9.17) is 0 Å². The molecular formula is C10H6O3. The minimum absolute atomic E-state index is 0.322. The summed E-state index contributed by atoms with van der Waals surface area (Å²) in [6.07, 6.45) is 1.53. The Kier molecular flexibility index (Phi) is 1.52. The molecule has 0 aliphatic carbocycles. The van der Waals surface area contributed by atoms with Crippen LogP contribution in [0.1, 0.15) is 26.3 Å². The minimum Gasteiger partial charge on any atom is -0.386 e. The van der Waals surface area contributed by atoms with E-state index in [2.05, 4.69) is 11.3 Å². The quantitative estimate of drug-likeness (QED) is 0.480. The third-order valence-electron chi connectivity index (χ3n) is 1.93. The Balaban J connectivity index is 2.75. The van der Waals surface area contributed by atoms with Gasteiger partial charge in [-0.3, -0.25) is 0 Å². The lowest BCUT2D eigenvalue weighted by Crippen LogP contribution is -1.97. The summed E-state index contributed by atoms with van der Waals surface area (Å²) in [6.45, 7) is 3.55. The van der Waals surface area contributed by atoms with Crippen LogP contribution in [0.15, 0.2) is 24.8 Å². The Hall–Kier alpha value is -1.90. The molecule has 1 heterocycles. The van der Waals surface area contributed by atoms with Crippen molar-refractivity contribution in [1.82, 2.24) is 0 Å². The van der Waals surface area contributed by atoms with Gasteiger partial charge in [0.2, 0.25) is 0 Å². The van der Waals surface area contributed by atoms with Crippen LogP contribution in [0, 0.1) is 0 Å². The van der Waals surface area contributed by atoms with Gasteiger partial charge in [0, 0.05) is 0 Å². The highest BCUT2D eigenvalue weighted by atomic mass is 16.6. The molecule has 0 atom stereocenters. The first-order valence-corrected chi connectivity index (χ1v) is 3.76. The summed E-state index contributed by atoms with van der Waals surface area (Å²) in [5.41, 5.74) is 1.28.